The minimum Gasteiger partial charge on any atom is -0.507 e. The lowest BCUT2D eigenvalue weighted by molar-refractivity contribution is -0.124. The number of hydrogen-bond donors (Lipinski definition) is 3. The van der Waals surface area contributed by atoms with Gasteiger partial charge in [0.15, 0.2) is 0 Å². The van der Waals surface area contributed by atoms with Crippen molar-refractivity contribution in [2.45, 2.75) is 12.8 Å². The van der Waals surface area contributed by atoms with Crippen molar-refractivity contribution in [2.75, 3.05) is 5.32 Å². The highest BCUT2D eigenvalue weighted by molar-refractivity contribution is 9.10. The highest BCUT2D eigenvalue weighted by Gasteiger charge is 2.07. The first-order valence-electron chi connectivity index (χ1n) is 7.30. The molecule has 0 radical (unpaired) electrons. The van der Waals surface area contributed by atoms with Gasteiger partial charge in [0.2, 0.25) is 11.8 Å². The van der Waals surface area contributed by atoms with Crippen LogP contribution in [0.4, 0.5) is 5.69 Å². The maximum Gasteiger partial charge on any atom is 0.240 e. The predicted molar refractivity (Wildman–Crippen MR) is 101 cm³/mol. The van der Waals surface area contributed by atoms with E-state index in [1.165, 1.54) is 24.4 Å². The fourth-order valence-electron chi connectivity index (χ4n) is 1.84. The molecule has 6 nitrogen and oxygen atoms in total. The Hall–Kier alpha value is -2.38. The maximum atomic E-state index is 11.8. The normalized spacial score (nSPS) is 10.6. The number of phenolic OH excluding ortho intramolecular Hbond substituents is 1. The quantitative estimate of drug-likeness (QED) is 0.488. The van der Waals surface area contributed by atoms with E-state index in [9.17, 15) is 14.7 Å². The summed E-state index contributed by atoms with van der Waals surface area (Å²) in [6.45, 7) is 0. The Balaban J connectivity index is 1.76. The molecule has 0 heterocycles. The fraction of sp³-hybridized carbons (Fsp3) is 0.118. The van der Waals surface area contributed by atoms with E-state index in [1.54, 1.807) is 12.1 Å². The molecule has 0 unspecified atom stereocenters. The Kier molecular flexibility index (Phi) is 6.97. The Labute approximate surface area is 158 Å². The number of halogens is 2. The van der Waals surface area contributed by atoms with Gasteiger partial charge in [0.25, 0.3) is 0 Å². The highest BCUT2D eigenvalue weighted by Crippen LogP contribution is 2.19. The van der Waals surface area contributed by atoms with Crippen LogP contribution < -0.4 is 10.7 Å². The monoisotopic (exact) mass is 423 g/mol. The molecule has 0 aromatic heterocycles. The molecule has 0 spiro atoms. The van der Waals surface area contributed by atoms with Crippen LogP contribution in [-0.2, 0) is 9.59 Å². The third-order valence-corrected chi connectivity index (χ3v) is 3.85. The van der Waals surface area contributed by atoms with E-state index < -0.39 is 5.91 Å². The number of rotatable bonds is 6. The average Bonchev–Trinajstić information content (AvgIpc) is 2.58. The van der Waals surface area contributed by atoms with Gasteiger partial charge in [0.1, 0.15) is 5.75 Å². The third-order valence-electron chi connectivity index (χ3n) is 3.09. The molecule has 3 N–H and O–H groups in total. The fourth-order valence-corrected chi connectivity index (χ4v) is 2.29. The molecule has 0 saturated carbocycles. The largest absolute Gasteiger partial charge is 0.507 e. The minimum absolute atomic E-state index is 0.00345. The van der Waals surface area contributed by atoms with Gasteiger partial charge in [0, 0.05) is 33.6 Å². The molecule has 0 fully saturated rings. The Morgan fingerprint density at radius 3 is 2.52 bits per heavy atom. The molecule has 130 valence electrons. The highest BCUT2D eigenvalue weighted by atomic mass is 79.9. The topological polar surface area (TPSA) is 90.8 Å². The van der Waals surface area contributed by atoms with Gasteiger partial charge in [-0.2, -0.15) is 5.10 Å². The summed E-state index contributed by atoms with van der Waals surface area (Å²) >= 11 is 9.12. The first-order chi connectivity index (χ1) is 11.9. The third kappa shape index (κ3) is 6.56. The van der Waals surface area contributed by atoms with Crippen LogP contribution >= 0.6 is 27.5 Å². The number of hydrogen-bond acceptors (Lipinski definition) is 4. The SMILES string of the molecule is O=C(CCC(=O)Nc1ccc(Br)cc1)NN=Cc1cc(Cl)ccc1O. The molecular weight excluding hydrogens is 410 g/mol. The summed E-state index contributed by atoms with van der Waals surface area (Å²) in [5, 5.41) is 16.5. The number of phenols is 1. The zero-order chi connectivity index (χ0) is 18.2. The van der Waals surface area contributed by atoms with E-state index in [0.717, 1.165) is 4.47 Å². The van der Waals surface area contributed by atoms with E-state index in [2.05, 4.69) is 31.8 Å². The van der Waals surface area contributed by atoms with Crippen molar-refractivity contribution in [3.63, 3.8) is 0 Å². The van der Waals surface area contributed by atoms with Gasteiger partial charge in [-0.3, -0.25) is 9.59 Å². The number of benzene rings is 2. The zero-order valence-electron chi connectivity index (χ0n) is 13.0. The molecule has 0 bridgehead atoms. The van der Waals surface area contributed by atoms with E-state index in [-0.39, 0.29) is 24.5 Å². The van der Waals surface area contributed by atoms with Gasteiger partial charge in [-0.1, -0.05) is 27.5 Å². The van der Waals surface area contributed by atoms with Crippen LogP contribution in [0.1, 0.15) is 18.4 Å². The van der Waals surface area contributed by atoms with Crippen LogP contribution in [0.5, 0.6) is 5.75 Å². The van der Waals surface area contributed by atoms with Crippen LogP contribution in [0.25, 0.3) is 0 Å². The van der Waals surface area contributed by atoms with Crippen LogP contribution in [0.15, 0.2) is 52.0 Å². The Morgan fingerprint density at radius 2 is 1.80 bits per heavy atom. The van der Waals surface area contributed by atoms with Gasteiger partial charge in [0.05, 0.1) is 6.21 Å². The van der Waals surface area contributed by atoms with Gasteiger partial charge in [-0.15, -0.1) is 0 Å². The lowest BCUT2D eigenvalue weighted by Gasteiger charge is -2.05. The summed E-state index contributed by atoms with van der Waals surface area (Å²) in [7, 11) is 0. The van der Waals surface area contributed by atoms with Crippen LogP contribution in [0, 0.1) is 0 Å². The number of carbonyl (C=O) groups excluding carboxylic acids is 2. The first kappa shape index (κ1) is 19.0. The Morgan fingerprint density at radius 1 is 1.12 bits per heavy atom. The van der Waals surface area contributed by atoms with Gasteiger partial charge >= 0.3 is 0 Å². The summed E-state index contributed by atoms with van der Waals surface area (Å²) in [5.74, 6) is -0.686. The van der Waals surface area contributed by atoms with Crippen molar-refractivity contribution < 1.29 is 14.7 Å². The van der Waals surface area contributed by atoms with E-state index in [1.807, 2.05) is 12.1 Å². The van der Waals surface area contributed by atoms with Crippen molar-refractivity contribution in [1.82, 2.24) is 5.43 Å². The van der Waals surface area contributed by atoms with Crippen LogP contribution in [-0.4, -0.2) is 23.1 Å². The maximum absolute atomic E-state index is 11.8. The van der Waals surface area contributed by atoms with Crippen molar-refractivity contribution in [2.24, 2.45) is 5.10 Å². The number of anilines is 1. The summed E-state index contributed by atoms with van der Waals surface area (Å²) in [6, 6.07) is 11.6. The van der Waals surface area contributed by atoms with E-state index in [0.29, 0.717) is 16.3 Å². The molecule has 2 rings (SSSR count). The summed E-state index contributed by atoms with van der Waals surface area (Å²) < 4.78 is 0.911. The molecule has 2 aromatic rings. The lowest BCUT2D eigenvalue weighted by Crippen LogP contribution is -2.20. The predicted octanol–water partition coefficient (Wildman–Crippen LogP) is 3.68. The Bertz CT molecular complexity index is 794. The number of aromatic hydroxyl groups is 1. The molecule has 2 amide bonds. The van der Waals surface area contributed by atoms with Crippen LogP contribution in [0.2, 0.25) is 5.02 Å². The van der Waals surface area contributed by atoms with Gasteiger partial charge < -0.3 is 10.4 Å². The lowest BCUT2D eigenvalue weighted by atomic mass is 10.2. The number of carbonyl (C=O) groups is 2. The smallest absolute Gasteiger partial charge is 0.240 e. The second-order valence-corrected chi connectivity index (χ2v) is 6.40. The van der Waals surface area contributed by atoms with E-state index >= 15 is 0 Å². The molecule has 0 aliphatic rings. The molecule has 0 aliphatic carbocycles. The van der Waals surface area contributed by atoms with Crippen molar-refractivity contribution in [3.05, 3.63) is 57.5 Å². The van der Waals surface area contributed by atoms with Crippen molar-refractivity contribution in [1.29, 1.82) is 0 Å². The molecule has 0 saturated heterocycles. The van der Waals surface area contributed by atoms with E-state index in [4.69, 9.17) is 11.6 Å². The second kappa shape index (κ2) is 9.19. The van der Waals surface area contributed by atoms with Crippen LogP contribution in [0.3, 0.4) is 0 Å². The second-order valence-electron chi connectivity index (χ2n) is 5.05. The number of amides is 2. The van der Waals surface area contributed by atoms with Crippen molar-refractivity contribution >= 4 is 51.2 Å². The first-order valence-corrected chi connectivity index (χ1v) is 8.47. The molecule has 25 heavy (non-hydrogen) atoms. The molecule has 2 aromatic carbocycles. The summed E-state index contributed by atoms with van der Waals surface area (Å²) in [4.78, 5) is 23.5. The molecule has 8 heteroatoms. The number of nitrogens with one attached hydrogen (secondary N) is 2. The van der Waals surface area contributed by atoms with Crippen molar-refractivity contribution in [3.8, 4) is 5.75 Å². The molecule has 0 atom stereocenters. The van der Waals surface area contributed by atoms with Gasteiger partial charge in [-0.05, 0) is 42.5 Å². The summed E-state index contributed by atoms with van der Waals surface area (Å²) in [6.07, 6.45) is 1.29. The van der Waals surface area contributed by atoms with Gasteiger partial charge in [-0.25, -0.2) is 5.43 Å². The standard InChI is InChI=1S/C17H15BrClN3O3/c18-12-1-4-14(5-2-12)21-16(24)7-8-17(25)22-20-10-11-9-13(19)3-6-15(11)23/h1-6,9-10,23H,7-8H2,(H,21,24)(H,22,25). The number of hydrazone groups is 1. The average molecular weight is 425 g/mol. The summed E-state index contributed by atoms with van der Waals surface area (Å²) in [5.41, 5.74) is 3.33. The molecule has 0 aliphatic heterocycles. The molecular formula is C17H15BrClN3O3. The number of nitrogens with zero attached hydrogens (tertiary/aromatic N) is 1. The minimum atomic E-state index is -0.413. The zero-order valence-corrected chi connectivity index (χ0v) is 15.3.